The second-order valence-corrected chi connectivity index (χ2v) is 3.95. The zero-order valence-electron chi connectivity index (χ0n) is 7.63. The average molecular weight is 181 g/mol. The van der Waals surface area contributed by atoms with Gasteiger partial charge in [0.05, 0.1) is 0 Å². The van der Waals surface area contributed by atoms with Crippen molar-refractivity contribution in [2.45, 2.75) is 25.2 Å². The molecule has 1 aromatic carbocycles. The molecule has 0 aromatic heterocycles. The molecule has 0 aliphatic rings. The van der Waals surface area contributed by atoms with Crippen LogP contribution in [-0.4, -0.2) is 5.75 Å². The third-order valence-electron chi connectivity index (χ3n) is 1.69. The number of hydrogen-bond donors (Lipinski definition) is 1. The number of hydrogen-bond acceptors (Lipinski definition) is 2. The fourth-order valence-corrected chi connectivity index (χ4v) is 2.02. The molecule has 0 aliphatic heterocycles. The highest BCUT2D eigenvalue weighted by Crippen LogP contribution is 2.28. The molecule has 0 saturated carbocycles. The van der Waals surface area contributed by atoms with E-state index >= 15 is 0 Å². The normalized spacial score (nSPS) is 10.2. The van der Waals surface area contributed by atoms with Crippen LogP contribution in [0.2, 0.25) is 0 Å². The maximum atomic E-state index is 5.84. The molecule has 0 radical (unpaired) electrons. The monoisotopic (exact) mass is 181 g/mol. The van der Waals surface area contributed by atoms with Gasteiger partial charge in [-0.2, -0.15) is 0 Å². The van der Waals surface area contributed by atoms with Crippen molar-refractivity contribution in [3.63, 3.8) is 0 Å². The maximum absolute atomic E-state index is 5.84. The smallest absolute Gasteiger partial charge is 0.0454 e. The Balaban J connectivity index is 2.81. The zero-order chi connectivity index (χ0) is 8.97. The Kier molecular flexibility index (Phi) is 3.48. The Morgan fingerprint density at radius 2 is 2.17 bits per heavy atom. The van der Waals surface area contributed by atoms with Crippen LogP contribution in [-0.2, 0) is 0 Å². The summed E-state index contributed by atoms with van der Waals surface area (Å²) in [6.07, 6.45) is 1.19. The fraction of sp³-hybridized carbons (Fsp3) is 0.400. The summed E-state index contributed by atoms with van der Waals surface area (Å²) in [6, 6.07) is 6.07. The number of benzene rings is 1. The summed E-state index contributed by atoms with van der Waals surface area (Å²) in [4.78, 5) is 1.25. The predicted octanol–water partition coefficient (Wildman–Crippen LogP) is 3.08. The van der Waals surface area contributed by atoms with Crippen LogP contribution in [0.15, 0.2) is 23.1 Å². The van der Waals surface area contributed by atoms with Crippen LogP contribution in [0, 0.1) is 6.92 Å². The fourth-order valence-electron chi connectivity index (χ4n) is 1.08. The van der Waals surface area contributed by atoms with Crippen molar-refractivity contribution < 1.29 is 0 Å². The van der Waals surface area contributed by atoms with Crippen molar-refractivity contribution in [2.24, 2.45) is 0 Å². The van der Waals surface area contributed by atoms with E-state index in [0.717, 1.165) is 11.4 Å². The largest absolute Gasteiger partial charge is 0.398 e. The van der Waals surface area contributed by atoms with Crippen molar-refractivity contribution in [1.29, 1.82) is 0 Å². The highest BCUT2D eigenvalue weighted by atomic mass is 32.2. The van der Waals surface area contributed by atoms with Crippen LogP contribution in [0.1, 0.15) is 18.9 Å². The molecule has 0 spiro atoms. The van der Waals surface area contributed by atoms with Crippen LogP contribution >= 0.6 is 11.8 Å². The molecule has 1 rings (SSSR count). The second kappa shape index (κ2) is 4.41. The summed E-state index contributed by atoms with van der Waals surface area (Å²) in [7, 11) is 0. The lowest BCUT2D eigenvalue weighted by atomic mass is 10.2. The molecule has 2 heteroatoms. The Morgan fingerprint density at radius 3 is 2.75 bits per heavy atom. The Bertz CT molecular complexity index is 238. The van der Waals surface area contributed by atoms with E-state index in [1.165, 1.54) is 16.9 Å². The number of rotatable bonds is 3. The molecule has 0 aliphatic carbocycles. The first-order chi connectivity index (χ1) is 5.75. The van der Waals surface area contributed by atoms with Crippen LogP contribution < -0.4 is 5.73 Å². The number of anilines is 1. The van der Waals surface area contributed by atoms with Crippen LogP contribution in [0.3, 0.4) is 0 Å². The topological polar surface area (TPSA) is 26.0 Å². The van der Waals surface area contributed by atoms with Gasteiger partial charge in [0.1, 0.15) is 0 Å². The van der Waals surface area contributed by atoms with E-state index in [9.17, 15) is 0 Å². The molecule has 0 amide bonds. The number of thioether (sulfide) groups is 1. The van der Waals surface area contributed by atoms with Gasteiger partial charge in [-0.1, -0.05) is 19.1 Å². The highest BCUT2D eigenvalue weighted by Gasteiger charge is 2.01. The molecule has 1 aromatic rings. The first kappa shape index (κ1) is 9.46. The minimum atomic E-state index is 0.911. The zero-order valence-corrected chi connectivity index (χ0v) is 8.45. The summed E-state index contributed by atoms with van der Waals surface area (Å²) in [6.45, 7) is 4.29. The lowest BCUT2D eigenvalue weighted by Gasteiger charge is -2.07. The molecule has 12 heavy (non-hydrogen) atoms. The quantitative estimate of drug-likeness (QED) is 0.573. The first-order valence-corrected chi connectivity index (χ1v) is 5.22. The summed E-state index contributed by atoms with van der Waals surface area (Å²) in [5.74, 6) is 1.15. The van der Waals surface area contributed by atoms with Gasteiger partial charge in [-0.3, -0.25) is 0 Å². The van der Waals surface area contributed by atoms with E-state index in [0.29, 0.717) is 0 Å². The van der Waals surface area contributed by atoms with E-state index in [1.807, 2.05) is 23.9 Å². The van der Waals surface area contributed by atoms with Crippen molar-refractivity contribution in [3.8, 4) is 0 Å². The third kappa shape index (κ3) is 2.18. The van der Waals surface area contributed by atoms with Crippen molar-refractivity contribution in [2.75, 3.05) is 11.5 Å². The van der Waals surface area contributed by atoms with Gasteiger partial charge in [-0.25, -0.2) is 0 Å². The summed E-state index contributed by atoms with van der Waals surface area (Å²) in [5.41, 5.74) is 8.04. The lowest BCUT2D eigenvalue weighted by Crippen LogP contribution is -1.91. The molecule has 0 heterocycles. The van der Waals surface area contributed by atoms with Gasteiger partial charge in [0.15, 0.2) is 0 Å². The second-order valence-electron chi connectivity index (χ2n) is 2.84. The van der Waals surface area contributed by atoms with Crippen LogP contribution in [0.25, 0.3) is 0 Å². The molecule has 0 unspecified atom stereocenters. The number of aryl methyl sites for hydroxylation is 1. The van der Waals surface area contributed by atoms with E-state index in [2.05, 4.69) is 19.9 Å². The van der Waals surface area contributed by atoms with Crippen molar-refractivity contribution >= 4 is 17.4 Å². The molecule has 1 nitrogen and oxygen atoms in total. The minimum absolute atomic E-state index is 0.911. The SMILES string of the molecule is CCCSc1c(C)cccc1N. The summed E-state index contributed by atoms with van der Waals surface area (Å²) in [5, 5.41) is 0. The molecule has 0 bridgehead atoms. The van der Waals surface area contributed by atoms with Gasteiger partial charge in [-0.15, -0.1) is 11.8 Å². The van der Waals surface area contributed by atoms with E-state index in [4.69, 9.17) is 5.73 Å². The van der Waals surface area contributed by atoms with Crippen molar-refractivity contribution in [3.05, 3.63) is 23.8 Å². The summed E-state index contributed by atoms with van der Waals surface area (Å²) >= 11 is 1.85. The third-order valence-corrected chi connectivity index (χ3v) is 3.15. The van der Waals surface area contributed by atoms with Crippen molar-refractivity contribution in [1.82, 2.24) is 0 Å². The maximum Gasteiger partial charge on any atom is 0.0454 e. The van der Waals surface area contributed by atoms with Crippen LogP contribution in [0.4, 0.5) is 5.69 Å². The highest BCUT2D eigenvalue weighted by molar-refractivity contribution is 7.99. The van der Waals surface area contributed by atoms with E-state index < -0.39 is 0 Å². The number of nitrogens with two attached hydrogens (primary N) is 1. The molecule has 2 N–H and O–H groups in total. The Morgan fingerprint density at radius 1 is 1.42 bits per heavy atom. The van der Waals surface area contributed by atoms with Gasteiger partial charge in [0.25, 0.3) is 0 Å². The number of nitrogen functional groups attached to an aromatic ring is 1. The lowest BCUT2D eigenvalue weighted by molar-refractivity contribution is 1.10. The molecular weight excluding hydrogens is 166 g/mol. The van der Waals surface area contributed by atoms with Gasteiger partial charge >= 0.3 is 0 Å². The molecule has 0 fully saturated rings. The molecule has 66 valence electrons. The Labute approximate surface area is 78.4 Å². The van der Waals surface area contributed by atoms with E-state index in [1.54, 1.807) is 0 Å². The standard InChI is InChI=1S/C10H15NS/c1-3-7-12-10-8(2)5-4-6-9(10)11/h4-6H,3,7,11H2,1-2H3. The predicted molar refractivity (Wildman–Crippen MR) is 56.6 cm³/mol. The molecule has 0 atom stereocenters. The minimum Gasteiger partial charge on any atom is -0.398 e. The Hall–Kier alpha value is -0.630. The average Bonchev–Trinajstić information content (AvgIpc) is 2.04. The molecule has 0 saturated heterocycles. The van der Waals surface area contributed by atoms with Gasteiger partial charge in [-0.05, 0) is 30.7 Å². The van der Waals surface area contributed by atoms with Crippen LogP contribution in [0.5, 0.6) is 0 Å². The van der Waals surface area contributed by atoms with E-state index in [-0.39, 0.29) is 0 Å². The summed E-state index contributed by atoms with van der Waals surface area (Å²) < 4.78 is 0. The van der Waals surface area contributed by atoms with Gasteiger partial charge in [0, 0.05) is 10.6 Å². The van der Waals surface area contributed by atoms with Gasteiger partial charge in [0.2, 0.25) is 0 Å². The first-order valence-electron chi connectivity index (χ1n) is 4.23. The van der Waals surface area contributed by atoms with Gasteiger partial charge < -0.3 is 5.73 Å². The molecular formula is C10H15NS.